The van der Waals surface area contributed by atoms with Gasteiger partial charge in [-0.1, -0.05) is 64.4 Å². The number of benzene rings is 1. The Balaban J connectivity index is -0.000000111. The van der Waals surface area contributed by atoms with Crippen LogP contribution in [0.4, 0.5) is 0 Å². The molecule has 0 aliphatic carbocycles. The van der Waals surface area contributed by atoms with Crippen molar-refractivity contribution in [3.63, 3.8) is 0 Å². The average Bonchev–Trinajstić information content (AvgIpc) is 2.39. The summed E-state index contributed by atoms with van der Waals surface area (Å²) in [5.41, 5.74) is 6.28. The van der Waals surface area contributed by atoms with E-state index in [-0.39, 0.29) is 18.6 Å². The number of carbonyl (C=O) groups excluding carboxylic acids is 2. The summed E-state index contributed by atoms with van der Waals surface area (Å²) in [6.45, 7) is 11.0. The molecule has 0 fully saturated rings. The van der Waals surface area contributed by atoms with Crippen molar-refractivity contribution in [1.29, 1.82) is 0 Å². The van der Waals surface area contributed by atoms with E-state index in [0.29, 0.717) is 6.04 Å². The molecule has 0 atom stereocenters. The largest absolute Gasteiger partial charge is 0.373 e. The van der Waals surface area contributed by atoms with Crippen LogP contribution in [0.2, 0.25) is 0 Å². The zero-order chi connectivity index (χ0) is 16.2. The summed E-state index contributed by atoms with van der Waals surface area (Å²) in [5.74, 6) is 0. The van der Waals surface area contributed by atoms with Crippen LogP contribution >= 0.6 is 12.4 Å². The molecule has 0 saturated carbocycles. The third-order valence-electron chi connectivity index (χ3n) is 1.22. The number of nitrogens with zero attached hydrogens (tertiary/aromatic N) is 1. The maximum absolute atomic E-state index is 8.12. The topological polar surface area (TPSA) is 72.5 Å². The Hall–Kier alpha value is -1.48. The van der Waals surface area contributed by atoms with E-state index >= 15 is 0 Å². The van der Waals surface area contributed by atoms with Crippen molar-refractivity contribution < 1.29 is 9.59 Å². The second-order valence-electron chi connectivity index (χ2n) is 4.07. The van der Waals surface area contributed by atoms with E-state index in [2.05, 4.69) is 18.8 Å². The number of hydrogen-bond acceptors (Lipinski definition) is 4. The Kier molecular flexibility index (Phi) is 35.7. The Labute approximate surface area is 135 Å². The van der Waals surface area contributed by atoms with Crippen LogP contribution < -0.4 is 5.73 Å². The molecule has 0 heterocycles. The first kappa shape index (κ1) is 27.8. The Morgan fingerprint density at radius 1 is 1.14 bits per heavy atom. The van der Waals surface area contributed by atoms with Gasteiger partial charge in [0.05, 0.1) is 0 Å². The summed E-state index contributed by atoms with van der Waals surface area (Å²) in [4.78, 5) is 20.4. The quantitative estimate of drug-likeness (QED) is 0.845. The second kappa shape index (κ2) is 27.0. The number of halogens is 1. The molecule has 2 N–H and O–H groups in total. The summed E-state index contributed by atoms with van der Waals surface area (Å²) < 4.78 is 0. The van der Waals surface area contributed by atoms with Crippen molar-refractivity contribution in [2.45, 2.75) is 47.1 Å². The Morgan fingerprint density at radius 2 is 1.48 bits per heavy atom. The number of aliphatic imine (C=N–C) groups is 1. The Bertz CT molecular complexity index is 333. The molecule has 122 valence electrons. The van der Waals surface area contributed by atoms with Gasteiger partial charge in [-0.2, -0.15) is 9.59 Å². The van der Waals surface area contributed by atoms with E-state index in [4.69, 9.17) is 15.3 Å². The molecule has 0 aliphatic rings. The van der Waals surface area contributed by atoms with Crippen molar-refractivity contribution in [2.24, 2.45) is 10.7 Å². The third-order valence-corrected chi connectivity index (χ3v) is 1.22. The lowest BCUT2D eigenvalue weighted by molar-refractivity contribution is -0.191. The molecule has 0 aliphatic heterocycles. The van der Waals surface area contributed by atoms with Crippen molar-refractivity contribution in [1.82, 2.24) is 0 Å². The van der Waals surface area contributed by atoms with Gasteiger partial charge in [0.25, 0.3) is 0 Å². The van der Waals surface area contributed by atoms with Crippen LogP contribution in [0, 0.1) is 0 Å². The average molecular weight is 317 g/mol. The molecule has 5 heteroatoms. The molecule has 1 aromatic carbocycles. The fourth-order valence-corrected chi connectivity index (χ4v) is 0.736. The fraction of sp³-hybridized carbons (Fsp3) is 0.500. The van der Waals surface area contributed by atoms with Gasteiger partial charge in [0, 0.05) is 12.8 Å². The lowest BCUT2D eigenvalue weighted by Gasteiger charge is -1.87. The predicted octanol–water partition coefficient (Wildman–Crippen LogP) is 3.73. The van der Waals surface area contributed by atoms with Crippen molar-refractivity contribution >= 4 is 24.8 Å². The first-order valence-electron chi connectivity index (χ1n) is 6.79. The number of rotatable bonds is 2. The molecular formula is C16H29ClN2O2. The minimum Gasteiger partial charge on any atom is -0.328 e. The molecular weight excluding hydrogens is 288 g/mol. The Morgan fingerprint density at radius 3 is 1.76 bits per heavy atom. The summed E-state index contributed by atoms with van der Waals surface area (Å²) in [6, 6.07) is 10.4. The lowest BCUT2D eigenvalue weighted by atomic mass is 10.2. The monoisotopic (exact) mass is 316 g/mol. The van der Waals surface area contributed by atoms with Crippen molar-refractivity contribution in [2.75, 3.05) is 6.54 Å². The highest BCUT2D eigenvalue weighted by Gasteiger charge is 1.80. The van der Waals surface area contributed by atoms with Gasteiger partial charge in [0.2, 0.25) is 0 Å². The SMILES string of the molecule is CC(C)N.CCC.CCN=Cc1ccccc1.Cl.O=C=O. The summed E-state index contributed by atoms with van der Waals surface area (Å²) in [5, 5.41) is 0. The molecule has 0 bridgehead atoms. The highest BCUT2D eigenvalue weighted by atomic mass is 35.5. The van der Waals surface area contributed by atoms with E-state index in [1.54, 1.807) is 0 Å². The van der Waals surface area contributed by atoms with Crippen molar-refractivity contribution in [3.05, 3.63) is 35.9 Å². The molecule has 21 heavy (non-hydrogen) atoms. The van der Waals surface area contributed by atoms with Crippen LogP contribution in [-0.2, 0) is 9.59 Å². The molecule has 0 amide bonds. The van der Waals surface area contributed by atoms with Gasteiger partial charge >= 0.3 is 6.15 Å². The lowest BCUT2D eigenvalue weighted by Crippen LogP contribution is -2.06. The van der Waals surface area contributed by atoms with Crippen LogP contribution in [0.15, 0.2) is 35.3 Å². The van der Waals surface area contributed by atoms with Gasteiger partial charge < -0.3 is 5.73 Å². The van der Waals surface area contributed by atoms with E-state index < -0.39 is 0 Å². The smallest absolute Gasteiger partial charge is 0.328 e. The van der Waals surface area contributed by atoms with E-state index in [1.807, 2.05) is 57.3 Å². The predicted molar refractivity (Wildman–Crippen MR) is 92.1 cm³/mol. The minimum absolute atomic E-state index is 0. The summed E-state index contributed by atoms with van der Waals surface area (Å²) in [7, 11) is 0. The van der Waals surface area contributed by atoms with Gasteiger partial charge in [0.1, 0.15) is 0 Å². The van der Waals surface area contributed by atoms with Crippen LogP contribution in [0.25, 0.3) is 0 Å². The molecule has 0 saturated heterocycles. The maximum atomic E-state index is 8.12. The molecule has 0 unspecified atom stereocenters. The normalized spacial score (nSPS) is 7.95. The van der Waals surface area contributed by atoms with Gasteiger partial charge in [-0.15, -0.1) is 12.4 Å². The zero-order valence-electron chi connectivity index (χ0n) is 13.7. The number of hydrogen-bond donors (Lipinski definition) is 1. The molecule has 4 nitrogen and oxygen atoms in total. The van der Waals surface area contributed by atoms with Crippen LogP contribution in [0.5, 0.6) is 0 Å². The number of nitrogens with two attached hydrogens (primary N) is 1. The first-order valence-corrected chi connectivity index (χ1v) is 6.79. The second-order valence-corrected chi connectivity index (χ2v) is 4.07. The highest BCUT2D eigenvalue weighted by molar-refractivity contribution is 5.85. The first-order chi connectivity index (χ1) is 9.49. The van der Waals surface area contributed by atoms with E-state index in [9.17, 15) is 0 Å². The van der Waals surface area contributed by atoms with Gasteiger partial charge in [0.15, 0.2) is 0 Å². The zero-order valence-corrected chi connectivity index (χ0v) is 14.5. The molecule has 0 aromatic heterocycles. The van der Waals surface area contributed by atoms with Gasteiger partial charge in [-0.3, -0.25) is 4.99 Å². The molecule has 1 rings (SSSR count). The van der Waals surface area contributed by atoms with Crippen LogP contribution in [-0.4, -0.2) is 25.0 Å². The van der Waals surface area contributed by atoms with Gasteiger partial charge in [-0.25, -0.2) is 0 Å². The van der Waals surface area contributed by atoms with Crippen molar-refractivity contribution in [3.8, 4) is 0 Å². The minimum atomic E-state index is 0. The fourth-order valence-electron chi connectivity index (χ4n) is 0.736. The third kappa shape index (κ3) is 45.7. The standard InChI is InChI=1S/C9H11N.C3H9N.C3H8.CO2.ClH/c1-2-10-8-9-6-4-3-5-7-9;1-3(2)4;1-3-2;2-1-3;/h3-8H,2H2,1H3;3H,4H2,1-2H3;3H2,1-2H3;;1H. The molecule has 0 radical (unpaired) electrons. The van der Waals surface area contributed by atoms with E-state index in [1.165, 1.54) is 12.0 Å². The maximum Gasteiger partial charge on any atom is 0.373 e. The molecule has 0 spiro atoms. The summed E-state index contributed by atoms with van der Waals surface area (Å²) in [6.07, 6.45) is 3.39. The van der Waals surface area contributed by atoms with E-state index in [0.717, 1.165) is 6.54 Å². The highest BCUT2D eigenvalue weighted by Crippen LogP contribution is 1.93. The molecule has 1 aromatic rings. The summed E-state index contributed by atoms with van der Waals surface area (Å²) >= 11 is 0. The van der Waals surface area contributed by atoms with Gasteiger partial charge in [-0.05, 0) is 18.5 Å². The van der Waals surface area contributed by atoms with Crippen LogP contribution in [0.1, 0.15) is 46.6 Å². The van der Waals surface area contributed by atoms with Crippen LogP contribution in [0.3, 0.4) is 0 Å².